The van der Waals surface area contributed by atoms with E-state index in [1.54, 1.807) is 30.3 Å². The number of carbonyl (C=O) groups excluding carboxylic acids is 1. The number of nitrogens with zero attached hydrogens (tertiary/aromatic N) is 2. The molecule has 1 aromatic carbocycles. The number of hydrazone groups is 1. The molecule has 0 bridgehead atoms. The second-order valence-corrected chi connectivity index (χ2v) is 4.96. The van der Waals surface area contributed by atoms with Gasteiger partial charge in [0.1, 0.15) is 5.75 Å². The van der Waals surface area contributed by atoms with Crippen molar-refractivity contribution < 1.29 is 14.5 Å². The van der Waals surface area contributed by atoms with Gasteiger partial charge in [0.15, 0.2) is 0 Å². The second-order valence-electron chi connectivity index (χ2n) is 3.86. The van der Waals surface area contributed by atoms with Crippen LogP contribution in [0.2, 0.25) is 0 Å². The molecule has 21 heavy (non-hydrogen) atoms. The van der Waals surface area contributed by atoms with E-state index in [9.17, 15) is 14.9 Å². The van der Waals surface area contributed by atoms with E-state index in [-0.39, 0.29) is 5.00 Å². The number of nitrogens with one attached hydrogen (secondary N) is 1. The monoisotopic (exact) mass is 305 g/mol. The molecule has 0 atom stereocenters. The Morgan fingerprint density at radius 1 is 1.43 bits per heavy atom. The summed E-state index contributed by atoms with van der Waals surface area (Å²) in [5, 5.41) is 14.3. The van der Waals surface area contributed by atoms with Crippen LogP contribution in [-0.2, 0) is 0 Å². The fourth-order valence-electron chi connectivity index (χ4n) is 1.49. The summed E-state index contributed by atoms with van der Waals surface area (Å²) in [4.78, 5) is 22.5. The van der Waals surface area contributed by atoms with Crippen molar-refractivity contribution in [3.8, 4) is 5.75 Å². The third kappa shape index (κ3) is 3.86. The summed E-state index contributed by atoms with van der Waals surface area (Å²) in [5.74, 6) is 0.178. The van der Waals surface area contributed by atoms with Crippen molar-refractivity contribution in [2.75, 3.05) is 7.11 Å². The minimum absolute atomic E-state index is 0.0237. The van der Waals surface area contributed by atoms with Crippen LogP contribution >= 0.6 is 11.3 Å². The summed E-state index contributed by atoms with van der Waals surface area (Å²) in [6.07, 6.45) is 1.36. The normalized spacial score (nSPS) is 10.5. The zero-order chi connectivity index (χ0) is 15.2. The molecular weight excluding hydrogens is 294 g/mol. The first kappa shape index (κ1) is 14.7. The molecule has 0 saturated carbocycles. The molecule has 108 valence electrons. The van der Waals surface area contributed by atoms with Crippen molar-refractivity contribution in [1.82, 2.24) is 5.43 Å². The van der Waals surface area contributed by atoms with Gasteiger partial charge in [0, 0.05) is 11.6 Å². The molecule has 0 aliphatic heterocycles. The van der Waals surface area contributed by atoms with E-state index in [0.717, 1.165) is 11.3 Å². The van der Waals surface area contributed by atoms with Gasteiger partial charge in [-0.3, -0.25) is 14.9 Å². The lowest BCUT2D eigenvalue weighted by atomic mass is 10.2. The van der Waals surface area contributed by atoms with E-state index in [1.165, 1.54) is 19.4 Å². The first-order valence-electron chi connectivity index (χ1n) is 5.82. The first-order valence-corrected chi connectivity index (χ1v) is 6.63. The fourth-order valence-corrected chi connectivity index (χ4v) is 2.19. The van der Waals surface area contributed by atoms with Crippen LogP contribution in [0.3, 0.4) is 0 Å². The lowest BCUT2D eigenvalue weighted by Gasteiger charge is -2.02. The number of benzene rings is 1. The highest BCUT2D eigenvalue weighted by Crippen LogP contribution is 2.22. The zero-order valence-corrected chi connectivity index (χ0v) is 11.8. The van der Waals surface area contributed by atoms with Gasteiger partial charge in [-0.15, -0.1) is 0 Å². The number of carbonyl (C=O) groups is 1. The minimum atomic E-state index is -0.475. The largest absolute Gasteiger partial charge is 0.497 e. The summed E-state index contributed by atoms with van der Waals surface area (Å²) >= 11 is 0.975. The Morgan fingerprint density at radius 3 is 2.90 bits per heavy atom. The van der Waals surface area contributed by atoms with E-state index in [4.69, 9.17) is 4.74 Å². The maximum atomic E-state index is 11.8. The molecule has 0 radical (unpaired) electrons. The molecular formula is C13H11N3O4S. The average molecular weight is 305 g/mol. The molecule has 1 amide bonds. The Bertz CT molecular complexity index is 696. The average Bonchev–Trinajstić information content (AvgIpc) is 2.96. The van der Waals surface area contributed by atoms with Crippen LogP contribution in [0.15, 0.2) is 41.5 Å². The van der Waals surface area contributed by atoms with Gasteiger partial charge in [0.25, 0.3) is 5.91 Å². The molecule has 0 aliphatic carbocycles. The van der Waals surface area contributed by atoms with Crippen molar-refractivity contribution in [2.45, 2.75) is 0 Å². The summed E-state index contributed by atoms with van der Waals surface area (Å²) < 4.78 is 5.02. The molecule has 0 spiro atoms. The van der Waals surface area contributed by atoms with Gasteiger partial charge < -0.3 is 4.74 Å². The third-order valence-corrected chi connectivity index (χ3v) is 3.45. The Balaban J connectivity index is 1.99. The van der Waals surface area contributed by atoms with Crippen molar-refractivity contribution in [1.29, 1.82) is 0 Å². The molecule has 1 aromatic heterocycles. The molecule has 1 N–H and O–H groups in total. The topological polar surface area (TPSA) is 93.8 Å². The lowest BCUT2D eigenvalue weighted by Crippen LogP contribution is -2.17. The standard InChI is InChI=1S/C13H11N3O4S/c1-20-10-4-2-3-9(7-10)13(17)15-14-8-11-5-6-12(21-11)16(18)19/h2-8H,1H3,(H,15,17)/b14-8+. The molecule has 1 heterocycles. The second kappa shape index (κ2) is 6.62. The third-order valence-electron chi connectivity index (χ3n) is 2.48. The molecule has 7 nitrogen and oxygen atoms in total. The maximum absolute atomic E-state index is 11.8. The van der Waals surface area contributed by atoms with Crippen molar-refractivity contribution in [3.05, 3.63) is 57.0 Å². The van der Waals surface area contributed by atoms with Crippen LogP contribution in [0.4, 0.5) is 5.00 Å². The van der Waals surface area contributed by atoms with Gasteiger partial charge in [-0.1, -0.05) is 17.4 Å². The van der Waals surface area contributed by atoms with Crippen molar-refractivity contribution >= 4 is 28.5 Å². The smallest absolute Gasteiger partial charge is 0.324 e. The molecule has 8 heteroatoms. The van der Waals surface area contributed by atoms with Crippen molar-refractivity contribution in [2.24, 2.45) is 5.10 Å². The summed E-state index contributed by atoms with van der Waals surface area (Å²) in [6, 6.07) is 9.58. The van der Waals surface area contributed by atoms with Gasteiger partial charge in [-0.2, -0.15) is 5.10 Å². The Kier molecular flexibility index (Phi) is 4.62. The highest BCUT2D eigenvalue weighted by atomic mass is 32.1. The number of hydrogen-bond acceptors (Lipinski definition) is 6. The fraction of sp³-hybridized carbons (Fsp3) is 0.0769. The van der Waals surface area contributed by atoms with E-state index >= 15 is 0 Å². The summed E-state index contributed by atoms with van der Waals surface area (Å²) in [7, 11) is 1.51. The number of ether oxygens (including phenoxy) is 1. The first-order chi connectivity index (χ1) is 10.1. The molecule has 0 saturated heterocycles. The summed E-state index contributed by atoms with van der Waals surface area (Å²) in [5.41, 5.74) is 2.76. The number of methoxy groups -OCH3 is 1. The lowest BCUT2D eigenvalue weighted by molar-refractivity contribution is -0.380. The summed E-state index contributed by atoms with van der Waals surface area (Å²) in [6.45, 7) is 0. The van der Waals surface area contributed by atoms with Crippen LogP contribution in [0.25, 0.3) is 0 Å². The van der Waals surface area contributed by atoms with E-state index < -0.39 is 10.8 Å². The molecule has 0 aliphatic rings. The van der Waals surface area contributed by atoms with Gasteiger partial charge >= 0.3 is 5.00 Å². The van der Waals surface area contributed by atoms with Gasteiger partial charge in [-0.05, 0) is 24.3 Å². The Hall–Kier alpha value is -2.74. The highest BCUT2D eigenvalue weighted by Gasteiger charge is 2.08. The van der Waals surface area contributed by atoms with Gasteiger partial charge in [0.05, 0.1) is 23.1 Å². The predicted octanol–water partition coefficient (Wildman–Crippen LogP) is 2.43. The zero-order valence-electron chi connectivity index (χ0n) is 11.0. The van der Waals surface area contributed by atoms with Crippen LogP contribution in [-0.4, -0.2) is 24.2 Å². The van der Waals surface area contributed by atoms with Crippen LogP contribution < -0.4 is 10.2 Å². The van der Waals surface area contributed by atoms with Crippen molar-refractivity contribution in [3.63, 3.8) is 0 Å². The molecule has 0 fully saturated rings. The number of hydrogen-bond donors (Lipinski definition) is 1. The Morgan fingerprint density at radius 2 is 2.24 bits per heavy atom. The Labute approximate surface area is 124 Å². The van der Waals surface area contributed by atoms with E-state index in [2.05, 4.69) is 10.5 Å². The number of thiophene rings is 1. The van der Waals surface area contributed by atoms with Crippen LogP contribution in [0.5, 0.6) is 5.75 Å². The van der Waals surface area contributed by atoms with Crippen LogP contribution in [0, 0.1) is 10.1 Å². The molecule has 2 rings (SSSR count). The van der Waals surface area contributed by atoms with E-state index in [1.807, 2.05) is 0 Å². The quantitative estimate of drug-likeness (QED) is 0.521. The molecule has 2 aromatic rings. The number of nitro groups is 1. The number of rotatable bonds is 5. The van der Waals surface area contributed by atoms with Crippen LogP contribution in [0.1, 0.15) is 15.2 Å². The van der Waals surface area contributed by atoms with E-state index in [0.29, 0.717) is 16.2 Å². The maximum Gasteiger partial charge on any atom is 0.324 e. The van der Waals surface area contributed by atoms with Gasteiger partial charge in [0.2, 0.25) is 0 Å². The minimum Gasteiger partial charge on any atom is -0.497 e. The van der Waals surface area contributed by atoms with Gasteiger partial charge in [-0.25, -0.2) is 5.43 Å². The predicted molar refractivity (Wildman–Crippen MR) is 79.0 cm³/mol. The highest BCUT2D eigenvalue weighted by molar-refractivity contribution is 7.16. The number of amides is 1. The molecule has 0 unspecified atom stereocenters. The SMILES string of the molecule is COc1cccc(C(=O)N/N=C/c2ccc([N+](=O)[O-])s2)c1.